The second kappa shape index (κ2) is 11.9. The molecular weight excluding hydrogens is 354 g/mol. The molecule has 0 saturated heterocycles. The molecule has 0 heterocycles. The maximum Gasteiger partial charge on any atom is 0.239 e. The lowest BCUT2D eigenvalue weighted by molar-refractivity contribution is 0.241. The van der Waals surface area contributed by atoms with Gasteiger partial charge in [-0.05, 0) is 30.4 Å². The van der Waals surface area contributed by atoms with Gasteiger partial charge >= 0.3 is 0 Å². The molecule has 4 nitrogen and oxygen atoms in total. The molecule has 0 saturated carbocycles. The van der Waals surface area contributed by atoms with Gasteiger partial charge in [0.25, 0.3) is 0 Å². The van der Waals surface area contributed by atoms with Gasteiger partial charge in [0, 0.05) is 11.8 Å². The summed E-state index contributed by atoms with van der Waals surface area (Å²) < 4.78 is 26.5. The van der Waals surface area contributed by atoms with Gasteiger partial charge in [0.1, 0.15) is 0 Å². The molecule has 6 heteroatoms. The Kier molecular flexibility index (Phi) is 10.7. The van der Waals surface area contributed by atoms with Crippen molar-refractivity contribution in [1.29, 1.82) is 0 Å². The van der Waals surface area contributed by atoms with Crippen LogP contribution in [0.2, 0.25) is 0 Å². The fourth-order valence-electron chi connectivity index (χ4n) is 2.61. The Bertz CT molecular complexity index is 573. The lowest BCUT2D eigenvalue weighted by atomic mass is 10.0. The van der Waals surface area contributed by atoms with E-state index in [1.54, 1.807) is 6.92 Å². The second-order valence-electron chi connectivity index (χ2n) is 6.57. The first-order chi connectivity index (χ1) is 11.9. The van der Waals surface area contributed by atoms with Crippen LogP contribution >= 0.6 is 12.6 Å². The van der Waals surface area contributed by atoms with Crippen molar-refractivity contribution in [3.05, 3.63) is 35.4 Å². The van der Waals surface area contributed by atoms with E-state index in [1.807, 2.05) is 12.1 Å². The molecule has 0 aliphatic carbocycles. The highest BCUT2D eigenvalue weighted by atomic mass is 32.2. The highest BCUT2D eigenvalue weighted by molar-refractivity contribution is 7.91. The van der Waals surface area contributed by atoms with Crippen LogP contribution in [-0.4, -0.2) is 24.2 Å². The highest BCUT2D eigenvalue weighted by Crippen LogP contribution is 2.14. The maximum absolute atomic E-state index is 12.0. The van der Waals surface area contributed by atoms with Gasteiger partial charge in [-0.3, -0.25) is 0 Å². The summed E-state index contributed by atoms with van der Waals surface area (Å²) in [5, 5.41) is 9.23. The number of thiol groups is 1. The van der Waals surface area contributed by atoms with Crippen molar-refractivity contribution in [2.24, 2.45) is 0 Å². The number of benzene rings is 1. The van der Waals surface area contributed by atoms with E-state index >= 15 is 0 Å². The molecule has 0 aromatic heterocycles. The average Bonchev–Trinajstić information content (AvgIpc) is 2.62. The number of hydrogen-bond acceptors (Lipinski definition) is 4. The molecule has 2 N–H and O–H groups in total. The smallest absolute Gasteiger partial charge is 0.239 e. The Morgan fingerprint density at radius 2 is 1.56 bits per heavy atom. The third kappa shape index (κ3) is 8.58. The summed E-state index contributed by atoms with van der Waals surface area (Å²) in [6.45, 7) is 4.20. The van der Waals surface area contributed by atoms with Crippen LogP contribution < -0.4 is 4.72 Å². The lowest BCUT2D eigenvalue weighted by Gasteiger charge is -2.17. The zero-order valence-corrected chi connectivity index (χ0v) is 17.2. The molecule has 25 heavy (non-hydrogen) atoms. The number of nitrogens with one attached hydrogen (secondary N) is 1. The third-order valence-corrected chi connectivity index (χ3v) is 6.75. The minimum absolute atomic E-state index is 0.181. The molecule has 1 aromatic carbocycles. The van der Waals surface area contributed by atoms with E-state index in [9.17, 15) is 13.5 Å². The van der Waals surface area contributed by atoms with Gasteiger partial charge in [0.15, 0.2) is 5.44 Å². The molecule has 0 aliphatic rings. The molecule has 0 bridgehead atoms. The number of rotatable bonds is 13. The summed E-state index contributed by atoms with van der Waals surface area (Å²) >= 11 is 4.10. The zero-order chi connectivity index (χ0) is 18.7. The van der Waals surface area contributed by atoms with E-state index in [-0.39, 0.29) is 6.54 Å². The molecule has 1 rings (SSSR count). The van der Waals surface area contributed by atoms with E-state index in [0.29, 0.717) is 6.42 Å². The molecule has 0 radical (unpaired) electrons. The summed E-state index contributed by atoms with van der Waals surface area (Å²) in [6, 6.07) is 8.00. The van der Waals surface area contributed by atoms with Crippen molar-refractivity contribution in [2.75, 3.05) is 0 Å². The Hall–Kier alpha value is -0.560. The average molecular weight is 388 g/mol. The predicted molar refractivity (Wildman–Crippen MR) is 108 cm³/mol. The number of unbranched alkanes of at least 4 members (excludes halogenated alkanes) is 5. The first-order valence-corrected chi connectivity index (χ1v) is 11.4. The van der Waals surface area contributed by atoms with E-state index in [4.69, 9.17) is 0 Å². The van der Waals surface area contributed by atoms with E-state index in [2.05, 4.69) is 36.4 Å². The van der Waals surface area contributed by atoms with Gasteiger partial charge in [-0.1, -0.05) is 70.2 Å². The molecule has 0 spiro atoms. The van der Waals surface area contributed by atoms with Crippen LogP contribution in [0.3, 0.4) is 0 Å². The van der Waals surface area contributed by atoms with E-state index < -0.39 is 20.7 Å². The standard InChI is InChI=1S/C19H33NO3S2/c1-3-5-6-7-8-9-10-16-11-13-17(14-12-16)15-20-25(22,23)19(21)18(24)4-2/h11-14,18-21,24H,3-10,15H2,1-2H3. The molecule has 1 aromatic rings. The minimum Gasteiger partial charge on any atom is -0.375 e. The number of sulfonamides is 1. The van der Waals surface area contributed by atoms with Gasteiger partial charge in [0.05, 0.1) is 0 Å². The van der Waals surface area contributed by atoms with Crippen LogP contribution in [0.1, 0.15) is 69.9 Å². The fourth-order valence-corrected chi connectivity index (χ4v) is 4.24. The quantitative estimate of drug-likeness (QED) is 0.353. The topological polar surface area (TPSA) is 66.4 Å². The third-order valence-electron chi connectivity index (χ3n) is 4.38. The number of aryl methyl sites for hydroxylation is 1. The predicted octanol–water partition coefficient (Wildman–Crippen LogP) is 4.04. The van der Waals surface area contributed by atoms with Crippen molar-refractivity contribution < 1.29 is 13.5 Å². The van der Waals surface area contributed by atoms with E-state index in [0.717, 1.165) is 12.0 Å². The van der Waals surface area contributed by atoms with Crippen molar-refractivity contribution in [2.45, 2.75) is 82.4 Å². The van der Waals surface area contributed by atoms with Gasteiger partial charge in [-0.2, -0.15) is 12.6 Å². The largest absolute Gasteiger partial charge is 0.375 e. The van der Waals surface area contributed by atoms with Crippen molar-refractivity contribution in [3.8, 4) is 0 Å². The van der Waals surface area contributed by atoms with Crippen LogP contribution in [0, 0.1) is 0 Å². The summed E-state index contributed by atoms with van der Waals surface area (Å²) in [4.78, 5) is 0. The summed E-state index contributed by atoms with van der Waals surface area (Å²) in [6.07, 6.45) is 9.24. The van der Waals surface area contributed by atoms with Crippen molar-refractivity contribution in [3.63, 3.8) is 0 Å². The number of hydrogen-bond donors (Lipinski definition) is 3. The molecular formula is C19H33NO3S2. The van der Waals surface area contributed by atoms with Crippen LogP contribution in [0.25, 0.3) is 0 Å². The Balaban J connectivity index is 2.39. The van der Waals surface area contributed by atoms with Crippen LogP contribution in [-0.2, 0) is 23.0 Å². The fraction of sp³-hybridized carbons (Fsp3) is 0.684. The van der Waals surface area contributed by atoms with Crippen LogP contribution in [0.5, 0.6) is 0 Å². The molecule has 2 atom stereocenters. The lowest BCUT2D eigenvalue weighted by Crippen LogP contribution is -2.39. The first-order valence-electron chi connectivity index (χ1n) is 9.33. The molecule has 0 aliphatic heterocycles. The number of aliphatic hydroxyl groups excluding tert-OH is 1. The van der Waals surface area contributed by atoms with E-state index in [1.165, 1.54) is 44.1 Å². The minimum atomic E-state index is -3.78. The number of aliphatic hydroxyl groups is 1. The molecule has 2 unspecified atom stereocenters. The normalized spacial score (nSPS) is 14.4. The monoisotopic (exact) mass is 387 g/mol. The summed E-state index contributed by atoms with van der Waals surface area (Å²) in [7, 11) is -3.78. The first kappa shape index (κ1) is 22.5. The summed E-state index contributed by atoms with van der Waals surface area (Å²) in [5.41, 5.74) is 0.672. The Morgan fingerprint density at radius 1 is 1.00 bits per heavy atom. The molecule has 0 amide bonds. The van der Waals surface area contributed by atoms with Gasteiger partial charge in [-0.25, -0.2) is 13.1 Å². The van der Waals surface area contributed by atoms with Crippen molar-refractivity contribution >= 4 is 22.7 Å². The van der Waals surface area contributed by atoms with Crippen LogP contribution in [0.15, 0.2) is 24.3 Å². The SMILES string of the molecule is CCCCCCCCc1ccc(CNS(=O)(=O)C(O)C(S)CC)cc1. The van der Waals surface area contributed by atoms with Gasteiger partial charge in [-0.15, -0.1) is 0 Å². The van der Waals surface area contributed by atoms with Crippen molar-refractivity contribution in [1.82, 2.24) is 4.72 Å². The van der Waals surface area contributed by atoms with Crippen LogP contribution in [0.4, 0.5) is 0 Å². The maximum atomic E-state index is 12.0. The zero-order valence-electron chi connectivity index (χ0n) is 15.4. The molecule has 0 fully saturated rings. The molecule has 144 valence electrons. The highest BCUT2D eigenvalue weighted by Gasteiger charge is 2.27. The Morgan fingerprint density at radius 3 is 2.16 bits per heavy atom. The van der Waals surface area contributed by atoms with Gasteiger partial charge in [0.2, 0.25) is 10.0 Å². The summed E-state index contributed by atoms with van der Waals surface area (Å²) in [5.74, 6) is 0. The Labute approximate surface area is 158 Å². The van der Waals surface area contributed by atoms with Gasteiger partial charge < -0.3 is 5.11 Å². The second-order valence-corrected chi connectivity index (χ2v) is 9.09.